The minimum absolute atomic E-state index is 0.0526. The van der Waals surface area contributed by atoms with Gasteiger partial charge in [-0.15, -0.1) is 0 Å². The molecule has 1 aliphatic heterocycles. The second kappa shape index (κ2) is 6.47. The second-order valence-electron chi connectivity index (χ2n) is 7.35. The van der Waals surface area contributed by atoms with Crippen LogP contribution in [0.3, 0.4) is 0 Å². The molecule has 0 amide bonds. The van der Waals surface area contributed by atoms with E-state index in [1.54, 1.807) is 0 Å². The Kier molecular flexibility index (Phi) is 5.07. The van der Waals surface area contributed by atoms with Crippen LogP contribution in [0.2, 0.25) is 0 Å². The zero-order chi connectivity index (χ0) is 15.6. The van der Waals surface area contributed by atoms with Crippen LogP contribution in [0.15, 0.2) is 24.3 Å². The van der Waals surface area contributed by atoms with Gasteiger partial charge in [0.05, 0.1) is 6.10 Å². The maximum absolute atomic E-state index is 6.39. The summed E-state index contributed by atoms with van der Waals surface area (Å²) in [7, 11) is 2.15. The number of hydrogen-bond acceptors (Lipinski definition) is 3. The monoisotopic (exact) mass is 290 g/mol. The van der Waals surface area contributed by atoms with Crippen molar-refractivity contribution in [1.82, 2.24) is 4.90 Å². The molecule has 1 aliphatic rings. The van der Waals surface area contributed by atoms with Crippen LogP contribution in [0.1, 0.15) is 51.3 Å². The molecule has 3 unspecified atom stereocenters. The van der Waals surface area contributed by atoms with Gasteiger partial charge in [-0.25, -0.2) is 0 Å². The molecule has 0 bridgehead atoms. The lowest BCUT2D eigenvalue weighted by molar-refractivity contribution is 0.0818. The largest absolute Gasteiger partial charge is 0.377 e. The Morgan fingerprint density at radius 2 is 1.90 bits per heavy atom. The molecule has 0 spiro atoms. The number of benzene rings is 1. The van der Waals surface area contributed by atoms with Crippen molar-refractivity contribution in [3.63, 3.8) is 0 Å². The number of likely N-dealkylation sites (N-methyl/N-ethyl adjacent to an activating group) is 1. The SMILES string of the molecule is CC1OCCC1N(C)CC(N)c1ccc(C(C)(C)C)cc1. The summed E-state index contributed by atoms with van der Waals surface area (Å²) < 4.78 is 5.64. The minimum Gasteiger partial charge on any atom is -0.377 e. The highest BCUT2D eigenvalue weighted by atomic mass is 16.5. The average Bonchev–Trinajstić information content (AvgIpc) is 2.84. The van der Waals surface area contributed by atoms with Gasteiger partial charge in [-0.3, -0.25) is 4.90 Å². The highest BCUT2D eigenvalue weighted by molar-refractivity contribution is 5.29. The van der Waals surface area contributed by atoms with Crippen molar-refractivity contribution in [1.29, 1.82) is 0 Å². The molecule has 2 N–H and O–H groups in total. The molecule has 1 aromatic rings. The normalized spacial score (nSPS) is 24.5. The van der Waals surface area contributed by atoms with E-state index in [4.69, 9.17) is 10.5 Å². The Labute approximate surface area is 129 Å². The molecule has 21 heavy (non-hydrogen) atoms. The molecule has 1 aromatic carbocycles. The summed E-state index contributed by atoms with van der Waals surface area (Å²) >= 11 is 0. The number of nitrogens with two attached hydrogens (primary N) is 1. The Morgan fingerprint density at radius 1 is 1.29 bits per heavy atom. The molecule has 0 aliphatic carbocycles. The van der Waals surface area contributed by atoms with E-state index in [9.17, 15) is 0 Å². The first-order chi connectivity index (χ1) is 9.79. The Hall–Kier alpha value is -0.900. The van der Waals surface area contributed by atoms with Crippen LogP contribution in [-0.4, -0.2) is 37.2 Å². The third kappa shape index (κ3) is 4.06. The second-order valence-corrected chi connectivity index (χ2v) is 7.35. The molecule has 1 saturated heterocycles. The summed E-state index contributed by atoms with van der Waals surface area (Å²) in [5.74, 6) is 0. The average molecular weight is 290 g/mol. The van der Waals surface area contributed by atoms with Gasteiger partial charge in [-0.05, 0) is 36.9 Å². The molecule has 2 rings (SSSR count). The maximum atomic E-state index is 6.39. The lowest BCUT2D eigenvalue weighted by Crippen LogP contribution is -2.40. The van der Waals surface area contributed by atoms with Crippen molar-refractivity contribution < 1.29 is 4.74 Å². The molecule has 0 saturated carbocycles. The summed E-state index contributed by atoms with van der Waals surface area (Å²) in [4.78, 5) is 2.35. The van der Waals surface area contributed by atoms with Gasteiger partial charge in [0.15, 0.2) is 0 Å². The zero-order valence-corrected chi connectivity index (χ0v) is 14.1. The highest BCUT2D eigenvalue weighted by Gasteiger charge is 2.28. The molecule has 0 radical (unpaired) electrons. The van der Waals surface area contributed by atoms with Gasteiger partial charge in [0, 0.05) is 25.2 Å². The van der Waals surface area contributed by atoms with E-state index in [2.05, 4.69) is 63.9 Å². The molecular weight excluding hydrogens is 260 g/mol. The highest BCUT2D eigenvalue weighted by Crippen LogP contribution is 2.25. The van der Waals surface area contributed by atoms with Crippen molar-refractivity contribution in [3.05, 3.63) is 35.4 Å². The van der Waals surface area contributed by atoms with E-state index >= 15 is 0 Å². The molecule has 3 heteroatoms. The molecule has 1 fully saturated rings. The van der Waals surface area contributed by atoms with E-state index in [0.717, 1.165) is 19.6 Å². The standard InChI is InChI=1S/C18H30N2O/c1-13-17(10-11-21-13)20(5)12-16(19)14-6-8-15(9-7-14)18(2,3)4/h6-9,13,16-17H,10-12,19H2,1-5H3. The molecular formula is C18H30N2O. The maximum Gasteiger partial charge on any atom is 0.0702 e. The van der Waals surface area contributed by atoms with Crippen molar-refractivity contribution in [2.75, 3.05) is 20.2 Å². The Bertz CT molecular complexity index is 449. The fourth-order valence-corrected chi connectivity index (χ4v) is 3.08. The van der Waals surface area contributed by atoms with Gasteiger partial charge in [0.2, 0.25) is 0 Å². The van der Waals surface area contributed by atoms with Gasteiger partial charge in [0.25, 0.3) is 0 Å². The number of hydrogen-bond donors (Lipinski definition) is 1. The van der Waals surface area contributed by atoms with Crippen LogP contribution in [-0.2, 0) is 10.2 Å². The fourth-order valence-electron chi connectivity index (χ4n) is 3.08. The number of ether oxygens (including phenoxy) is 1. The summed E-state index contributed by atoms with van der Waals surface area (Å²) in [6.45, 7) is 10.6. The number of nitrogens with zero attached hydrogens (tertiary/aromatic N) is 1. The lowest BCUT2D eigenvalue weighted by Gasteiger charge is -2.29. The quantitative estimate of drug-likeness (QED) is 0.926. The van der Waals surface area contributed by atoms with Crippen molar-refractivity contribution in [3.8, 4) is 0 Å². The van der Waals surface area contributed by atoms with Crippen LogP contribution < -0.4 is 5.73 Å². The van der Waals surface area contributed by atoms with E-state index in [-0.39, 0.29) is 11.5 Å². The fraction of sp³-hybridized carbons (Fsp3) is 0.667. The van der Waals surface area contributed by atoms with Gasteiger partial charge in [-0.2, -0.15) is 0 Å². The molecule has 3 nitrogen and oxygen atoms in total. The van der Waals surface area contributed by atoms with Crippen LogP contribution in [0.4, 0.5) is 0 Å². The Balaban J connectivity index is 1.98. The van der Waals surface area contributed by atoms with Crippen LogP contribution in [0, 0.1) is 0 Å². The molecule has 118 valence electrons. The third-order valence-corrected chi connectivity index (χ3v) is 4.59. The lowest BCUT2D eigenvalue weighted by atomic mass is 9.86. The summed E-state index contributed by atoms with van der Waals surface area (Å²) in [6.07, 6.45) is 1.42. The van der Waals surface area contributed by atoms with E-state index < -0.39 is 0 Å². The Morgan fingerprint density at radius 3 is 2.38 bits per heavy atom. The summed E-state index contributed by atoms with van der Waals surface area (Å²) in [5, 5.41) is 0. The summed E-state index contributed by atoms with van der Waals surface area (Å²) in [5.41, 5.74) is 9.14. The van der Waals surface area contributed by atoms with Crippen LogP contribution in [0.5, 0.6) is 0 Å². The first-order valence-electron chi connectivity index (χ1n) is 7.97. The summed E-state index contributed by atoms with van der Waals surface area (Å²) in [6, 6.07) is 9.30. The first kappa shape index (κ1) is 16.5. The van der Waals surface area contributed by atoms with E-state index in [1.807, 2.05) is 0 Å². The van der Waals surface area contributed by atoms with Gasteiger partial charge >= 0.3 is 0 Å². The number of rotatable bonds is 4. The van der Waals surface area contributed by atoms with Gasteiger partial charge in [-0.1, -0.05) is 45.0 Å². The van der Waals surface area contributed by atoms with Gasteiger partial charge in [0.1, 0.15) is 0 Å². The van der Waals surface area contributed by atoms with E-state index in [1.165, 1.54) is 11.1 Å². The smallest absolute Gasteiger partial charge is 0.0702 e. The third-order valence-electron chi connectivity index (χ3n) is 4.59. The van der Waals surface area contributed by atoms with E-state index in [0.29, 0.717) is 12.1 Å². The predicted octanol–water partition coefficient (Wildman–Crippen LogP) is 3.09. The predicted molar refractivity (Wildman–Crippen MR) is 88.5 cm³/mol. The van der Waals surface area contributed by atoms with Crippen LogP contribution in [0.25, 0.3) is 0 Å². The van der Waals surface area contributed by atoms with Crippen molar-refractivity contribution in [2.45, 2.75) is 57.7 Å². The van der Waals surface area contributed by atoms with Crippen LogP contribution >= 0.6 is 0 Å². The minimum atomic E-state index is 0.0526. The topological polar surface area (TPSA) is 38.5 Å². The molecule has 3 atom stereocenters. The molecule has 0 aromatic heterocycles. The first-order valence-corrected chi connectivity index (χ1v) is 7.97. The van der Waals surface area contributed by atoms with Gasteiger partial charge < -0.3 is 10.5 Å². The molecule has 1 heterocycles. The van der Waals surface area contributed by atoms with Crippen molar-refractivity contribution >= 4 is 0 Å². The zero-order valence-electron chi connectivity index (χ0n) is 14.1. The van der Waals surface area contributed by atoms with Crippen molar-refractivity contribution in [2.24, 2.45) is 5.73 Å².